The summed E-state index contributed by atoms with van der Waals surface area (Å²) in [5, 5.41) is 2.44. The van der Waals surface area contributed by atoms with Crippen molar-refractivity contribution in [3.8, 4) is 0 Å². The molecule has 0 saturated carbocycles. The number of nitrogens with one attached hydrogen (secondary N) is 1. The van der Waals surface area contributed by atoms with Gasteiger partial charge in [-0.15, -0.1) is 0 Å². The first kappa shape index (κ1) is 19.7. The van der Waals surface area contributed by atoms with Gasteiger partial charge in [-0.05, 0) is 25.9 Å². The van der Waals surface area contributed by atoms with Gasteiger partial charge in [-0.3, -0.25) is 0 Å². The average Bonchev–Trinajstić information content (AvgIpc) is 3.13. The number of hydrogen-bond donors (Lipinski definition) is 1. The topological polar surface area (TPSA) is 24.5 Å². The van der Waals surface area contributed by atoms with E-state index in [1.165, 1.54) is 6.08 Å². The van der Waals surface area contributed by atoms with Gasteiger partial charge in [-0.25, -0.2) is 17.6 Å². The minimum Gasteiger partial charge on any atom is -0.378 e. The van der Waals surface area contributed by atoms with Crippen LogP contribution >= 0.6 is 0 Å². The lowest BCUT2D eigenvalue weighted by Crippen LogP contribution is -2.22. The first-order chi connectivity index (χ1) is 12.0. The van der Waals surface area contributed by atoms with E-state index in [9.17, 15) is 17.6 Å². The van der Waals surface area contributed by atoms with Crippen LogP contribution in [0.1, 0.15) is 32.3 Å². The van der Waals surface area contributed by atoms with Crippen LogP contribution in [0.3, 0.4) is 0 Å². The molecule has 25 heavy (non-hydrogen) atoms. The summed E-state index contributed by atoms with van der Waals surface area (Å²) >= 11 is 0. The van der Waals surface area contributed by atoms with Gasteiger partial charge < -0.3 is 15.0 Å². The molecule has 3 nitrogen and oxygen atoms in total. The zero-order chi connectivity index (χ0) is 18.4. The summed E-state index contributed by atoms with van der Waals surface area (Å²) in [6.45, 7) is 6.55. The lowest BCUT2D eigenvalue weighted by Gasteiger charge is -2.16. The molecular formula is C18H24F4N2O. The summed E-state index contributed by atoms with van der Waals surface area (Å²) in [4.78, 5) is 2.00. The molecule has 1 saturated heterocycles. The minimum atomic E-state index is -1.42. The molecule has 0 amide bonds. The van der Waals surface area contributed by atoms with Crippen LogP contribution < -0.4 is 5.32 Å². The predicted octanol–water partition coefficient (Wildman–Crippen LogP) is 4.19. The van der Waals surface area contributed by atoms with Gasteiger partial charge in [0.2, 0.25) is 0 Å². The van der Waals surface area contributed by atoms with E-state index in [-0.39, 0.29) is 12.6 Å². The zero-order valence-electron chi connectivity index (χ0n) is 14.5. The summed E-state index contributed by atoms with van der Waals surface area (Å²) in [7, 11) is 0. The second kappa shape index (κ2) is 9.20. The smallest absolute Gasteiger partial charge is 0.185 e. The first-order valence-electron chi connectivity index (χ1n) is 8.59. The molecule has 7 heteroatoms. The standard InChI is InChI=1S/C18H24F4N2O/c1-3-24(4-2)9-5-8-13-14(19)16(21)18(17(22)15(13)20)23-11-12-7-6-10-25-12/h5,8,12,23H,3-4,6-7,9-11H2,1-2H3/b8-5+. The Morgan fingerprint density at radius 1 is 1.08 bits per heavy atom. The quantitative estimate of drug-likeness (QED) is 0.556. The van der Waals surface area contributed by atoms with Crippen LogP contribution in [0.15, 0.2) is 6.08 Å². The van der Waals surface area contributed by atoms with Gasteiger partial charge in [0.15, 0.2) is 23.3 Å². The van der Waals surface area contributed by atoms with Crippen molar-refractivity contribution >= 4 is 11.8 Å². The second-order valence-electron chi connectivity index (χ2n) is 5.95. The van der Waals surface area contributed by atoms with Crippen molar-refractivity contribution in [1.29, 1.82) is 0 Å². The van der Waals surface area contributed by atoms with Gasteiger partial charge in [0, 0.05) is 19.7 Å². The predicted molar refractivity (Wildman–Crippen MR) is 90.6 cm³/mol. The maximum Gasteiger partial charge on any atom is 0.185 e. The van der Waals surface area contributed by atoms with E-state index >= 15 is 0 Å². The van der Waals surface area contributed by atoms with Crippen molar-refractivity contribution in [2.24, 2.45) is 0 Å². The summed E-state index contributed by atoms with van der Waals surface area (Å²) in [6.07, 6.45) is 3.97. The molecule has 1 aromatic carbocycles. The molecule has 2 rings (SSSR count). The fourth-order valence-electron chi connectivity index (χ4n) is 2.77. The van der Waals surface area contributed by atoms with Crippen LogP contribution in [0.25, 0.3) is 6.08 Å². The Morgan fingerprint density at radius 2 is 1.72 bits per heavy atom. The van der Waals surface area contributed by atoms with Gasteiger partial charge in [0.1, 0.15) is 5.69 Å². The lowest BCUT2D eigenvalue weighted by atomic mass is 10.1. The molecule has 1 aromatic rings. The van der Waals surface area contributed by atoms with E-state index in [1.807, 2.05) is 18.7 Å². The summed E-state index contributed by atoms with van der Waals surface area (Å²) < 4.78 is 62.0. The number of halogens is 4. The molecule has 1 aliphatic heterocycles. The van der Waals surface area contributed by atoms with Crippen molar-refractivity contribution < 1.29 is 22.3 Å². The van der Waals surface area contributed by atoms with Crippen molar-refractivity contribution in [2.75, 3.05) is 38.1 Å². The van der Waals surface area contributed by atoms with E-state index in [2.05, 4.69) is 5.32 Å². The highest BCUT2D eigenvalue weighted by Gasteiger charge is 2.25. The number of nitrogens with zero attached hydrogens (tertiary/aromatic N) is 1. The van der Waals surface area contributed by atoms with Crippen LogP contribution in [0.4, 0.5) is 23.2 Å². The molecule has 1 heterocycles. The van der Waals surface area contributed by atoms with E-state index in [0.29, 0.717) is 13.2 Å². The van der Waals surface area contributed by atoms with Gasteiger partial charge >= 0.3 is 0 Å². The maximum absolute atomic E-state index is 14.2. The van der Waals surface area contributed by atoms with Gasteiger partial charge in [-0.2, -0.15) is 0 Å². The third-order valence-electron chi connectivity index (χ3n) is 4.37. The average molecular weight is 360 g/mol. The van der Waals surface area contributed by atoms with Crippen molar-refractivity contribution in [3.63, 3.8) is 0 Å². The highest BCUT2D eigenvalue weighted by molar-refractivity contribution is 5.59. The molecule has 1 atom stereocenters. The molecule has 1 N–H and O–H groups in total. The maximum atomic E-state index is 14.2. The number of hydrogen-bond acceptors (Lipinski definition) is 3. The Kier molecular flexibility index (Phi) is 7.25. The zero-order valence-corrected chi connectivity index (χ0v) is 14.5. The Balaban J connectivity index is 2.17. The molecular weight excluding hydrogens is 336 g/mol. The molecule has 1 fully saturated rings. The highest BCUT2D eigenvalue weighted by atomic mass is 19.2. The minimum absolute atomic E-state index is 0.101. The number of benzene rings is 1. The molecule has 1 aliphatic rings. The second-order valence-corrected chi connectivity index (χ2v) is 5.95. The molecule has 1 unspecified atom stereocenters. The number of anilines is 1. The number of likely N-dealkylation sites (N-methyl/N-ethyl adjacent to an activating group) is 1. The van der Waals surface area contributed by atoms with E-state index < -0.39 is 34.5 Å². The Morgan fingerprint density at radius 3 is 2.24 bits per heavy atom. The fraction of sp³-hybridized carbons (Fsp3) is 0.556. The fourth-order valence-corrected chi connectivity index (χ4v) is 2.77. The summed E-state index contributed by atoms with van der Waals surface area (Å²) in [5.74, 6) is -5.63. The largest absolute Gasteiger partial charge is 0.378 e. The Labute approximate surface area is 145 Å². The number of rotatable bonds is 8. The summed E-state index contributed by atoms with van der Waals surface area (Å²) in [6, 6.07) is 0. The van der Waals surface area contributed by atoms with Crippen LogP contribution in [-0.2, 0) is 4.74 Å². The van der Waals surface area contributed by atoms with Gasteiger partial charge in [0.05, 0.1) is 11.7 Å². The molecule has 0 aromatic heterocycles. The van der Waals surface area contributed by atoms with Crippen molar-refractivity contribution in [2.45, 2.75) is 32.8 Å². The van der Waals surface area contributed by atoms with Crippen molar-refractivity contribution in [3.05, 3.63) is 34.9 Å². The molecule has 0 bridgehead atoms. The van der Waals surface area contributed by atoms with E-state index in [0.717, 1.165) is 32.0 Å². The molecule has 0 spiro atoms. The normalized spacial score (nSPS) is 17.8. The monoisotopic (exact) mass is 360 g/mol. The highest BCUT2D eigenvalue weighted by Crippen LogP contribution is 2.29. The van der Waals surface area contributed by atoms with Crippen LogP contribution in [0.2, 0.25) is 0 Å². The Bertz CT molecular complexity index is 583. The number of ether oxygens (including phenoxy) is 1. The van der Waals surface area contributed by atoms with Crippen LogP contribution in [0.5, 0.6) is 0 Å². The van der Waals surface area contributed by atoms with E-state index in [4.69, 9.17) is 4.74 Å². The third-order valence-corrected chi connectivity index (χ3v) is 4.37. The Hall–Kier alpha value is -1.60. The molecule has 140 valence electrons. The van der Waals surface area contributed by atoms with Crippen molar-refractivity contribution in [1.82, 2.24) is 4.90 Å². The van der Waals surface area contributed by atoms with Gasteiger partial charge in [-0.1, -0.05) is 26.0 Å². The van der Waals surface area contributed by atoms with Gasteiger partial charge in [0.25, 0.3) is 0 Å². The third kappa shape index (κ3) is 4.73. The summed E-state index contributed by atoms with van der Waals surface area (Å²) in [5.41, 5.74) is -1.49. The van der Waals surface area contributed by atoms with Crippen LogP contribution in [0, 0.1) is 23.3 Å². The molecule has 0 aliphatic carbocycles. The van der Waals surface area contributed by atoms with E-state index in [1.54, 1.807) is 0 Å². The molecule has 0 radical (unpaired) electrons. The van der Waals surface area contributed by atoms with Crippen LogP contribution in [-0.4, -0.2) is 43.8 Å². The lowest BCUT2D eigenvalue weighted by molar-refractivity contribution is 0.120. The first-order valence-corrected chi connectivity index (χ1v) is 8.59. The SMILES string of the molecule is CCN(CC)C/C=C/c1c(F)c(F)c(NCC2CCCO2)c(F)c1F.